The third-order valence-corrected chi connectivity index (χ3v) is 3.13. The fourth-order valence-corrected chi connectivity index (χ4v) is 2.25. The van der Waals surface area contributed by atoms with Crippen LogP contribution in [0.15, 0.2) is 35.0 Å². The molecule has 4 heteroatoms. The van der Waals surface area contributed by atoms with Gasteiger partial charge in [0.15, 0.2) is 0 Å². The van der Waals surface area contributed by atoms with Crippen molar-refractivity contribution in [1.82, 2.24) is 0 Å². The molecule has 0 bridgehead atoms. The second-order valence-electron chi connectivity index (χ2n) is 3.61. The fraction of sp³-hybridized carbons (Fsp3) is 0.167. The van der Waals surface area contributed by atoms with Crippen molar-refractivity contribution in [3.05, 3.63) is 57.8 Å². The molecule has 1 heterocycles. The Hall–Kier alpha value is -1.26. The molecule has 2 N–H and O–H groups in total. The van der Waals surface area contributed by atoms with Crippen molar-refractivity contribution >= 4 is 11.3 Å². The number of hydrogen-bond acceptors (Lipinski definition) is 2. The molecule has 1 aromatic heterocycles. The monoisotopic (exact) mass is 239 g/mol. The summed E-state index contributed by atoms with van der Waals surface area (Å²) in [5.41, 5.74) is 7.12. The average Bonchev–Trinajstić information content (AvgIpc) is 2.74. The van der Waals surface area contributed by atoms with E-state index in [1.165, 1.54) is 0 Å². The molecule has 1 unspecified atom stereocenters. The van der Waals surface area contributed by atoms with Gasteiger partial charge in [-0.15, -0.1) is 0 Å². The minimum absolute atomic E-state index is 0.228. The van der Waals surface area contributed by atoms with Crippen LogP contribution in [0.5, 0.6) is 0 Å². The molecule has 0 amide bonds. The van der Waals surface area contributed by atoms with E-state index in [4.69, 9.17) is 5.73 Å². The molecule has 2 rings (SSSR count). The molecule has 0 radical (unpaired) electrons. The van der Waals surface area contributed by atoms with E-state index in [1.807, 2.05) is 16.8 Å². The number of thiophene rings is 1. The highest BCUT2D eigenvalue weighted by atomic mass is 32.1. The summed E-state index contributed by atoms with van der Waals surface area (Å²) in [5, 5.41) is 3.89. The maximum absolute atomic E-state index is 13.4. The van der Waals surface area contributed by atoms with Gasteiger partial charge in [0.25, 0.3) is 0 Å². The highest BCUT2D eigenvalue weighted by molar-refractivity contribution is 7.07. The van der Waals surface area contributed by atoms with Crippen molar-refractivity contribution in [1.29, 1.82) is 0 Å². The summed E-state index contributed by atoms with van der Waals surface area (Å²) >= 11 is 1.56. The second kappa shape index (κ2) is 4.72. The van der Waals surface area contributed by atoms with Crippen LogP contribution in [-0.4, -0.2) is 0 Å². The van der Waals surface area contributed by atoms with Crippen molar-refractivity contribution in [2.75, 3.05) is 0 Å². The number of hydrogen-bond donors (Lipinski definition) is 1. The zero-order valence-corrected chi connectivity index (χ0v) is 9.31. The van der Waals surface area contributed by atoms with Crippen LogP contribution in [0, 0.1) is 11.6 Å². The van der Waals surface area contributed by atoms with Crippen LogP contribution in [0.1, 0.15) is 17.2 Å². The van der Waals surface area contributed by atoms with Gasteiger partial charge in [0, 0.05) is 11.6 Å². The quantitative estimate of drug-likeness (QED) is 0.874. The summed E-state index contributed by atoms with van der Waals surface area (Å²) in [6.45, 7) is 0. The Morgan fingerprint density at radius 1 is 1.25 bits per heavy atom. The predicted octanol–water partition coefficient (Wildman–Crippen LogP) is 3.27. The predicted molar refractivity (Wildman–Crippen MR) is 61.3 cm³/mol. The van der Waals surface area contributed by atoms with E-state index in [-0.39, 0.29) is 5.56 Å². The molecule has 84 valence electrons. The first-order valence-corrected chi connectivity index (χ1v) is 5.82. The van der Waals surface area contributed by atoms with E-state index >= 15 is 0 Å². The summed E-state index contributed by atoms with van der Waals surface area (Å²) in [6, 6.07) is 4.79. The second-order valence-corrected chi connectivity index (χ2v) is 4.39. The van der Waals surface area contributed by atoms with E-state index in [2.05, 4.69) is 0 Å². The SMILES string of the molecule is NC(Cc1ccsc1)c1cc(F)ccc1F. The first-order valence-electron chi connectivity index (χ1n) is 4.88. The van der Waals surface area contributed by atoms with E-state index in [0.29, 0.717) is 6.42 Å². The third kappa shape index (κ3) is 2.46. The van der Waals surface area contributed by atoms with Crippen LogP contribution in [0.4, 0.5) is 8.78 Å². The van der Waals surface area contributed by atoms with Crippen molar-refractivity contribution in [2.45, 2.75) is 12.5 Å². The van der Waals surface area contributed by atoms with Crippen molar-refractivity contribution < 1.29 is 8.78 Å². The van der Waals surface area contributed by atoms with Crippen LogP contribution in [0.3, 0.4) is 0 Å². The molecule has 1 aromatic carbocycles. The Morgan fingerprint density at radius 2 is 2.06 bits per heavy atom. The average molecular weight is 239 g/mol. The Balaban J connectivity index is 2.20. The summed E-state index contributed by atoms with van der Waals surface area (Å²) in [6.07, 6.45) is 0.518. The Morgan fingerprint density at radius 3 is 2.75 bits per heavy atom. The molecule has 0 fully saturated rings. The summed E-state index contributed by atoms with van der Waals surface area (Å²) in [7, 11) is 0. The standard InChI is InChI=1S/C12H11F2NS/c13-9-1-2-11(14)10(6-9)12(15)5-8-3-4-16-7-8/h1-4,6-7,12H,5,15H2. The van der Waals surface area contributed by atoms with Gasteiger partial charge in [-0.2, -0.15) is 11.3 Å². The maximum Gasteiger partial charge on any atom is 0.128 e. The summed E-state index contributed by atoms with van der Waals surface area (Å²) < 4.78 is 26.4. The van der Waals surface area contributed by atoms with Crippen LogP contribution < -0.4 is 5.73 Å². The molecule has 0 saturated carbocycles. The van der Waals surface area contributed by atoms with Gasteiger partial charge in [-0.3, -0.25) is 0 Å². The Labute approximate surface area is 96.5 Å². The number of rotatable bonds is 3. The molecule has 0 saturated heterocycles. The van der Waals surface area contributed by atoms with Crippen molar-refractivity contribution in [2.24, 2.45) is 5.73 Å². The van der Waals surface area contributed by atoms with Gasteiger partial charge in [0.2, 0.25) is 0 Å². The minimum atomic E-state index is -0.509. The Bertz CT molecular complexity index is 468. The van der Waals surface area contributed by atoms with E-state index in [9.17, 15) is 8.78 Å². The van der Waals surface area contributed by atoms with Gasteiger partial charge in [0.1, 0.15) is 11.6 Å². The molecule has 0 spiro atoms. The lowest BCUT2D eigenvalue weighted by atomic mass is 10.0. The lowest BCUT2D eigenvalue weighted by molar-refractivity contribution is 0.561. The highest BCUT2D eigenvalue weighted by Crippen LogP contribution is 2.21. The lowest BCUT2D eigenvalue weighted by Gasteiger charge is -2.12. The van der Waals surface area contributed by atoms with Gasteiger partial charge in [-0.1, -0.05) is 0 Å². The summed E-state index contributed by atoms with van der Waals surface area (Å²) in [4.78, 5) is 0. The van der Waals surface area contributed by atoms with E-state index in [1.54, 1.807) is 11.3 Å². The summed E-state index contributed by atoms with van der Waals surface area (Å²) in [5.74, 6) is -0.915. The van der Waals surface area contributed by atoms with Crippen LogP contribution in [-0.2, 0) is 6.42 Å². The maximum atomic E-state index is 13.4. The molecule has 0 aliphatic heterocycles. The van der Waals surface area contributed by atoms with E-state index < -0.39 is 17.7 Å². The van der Waals surface area contributed by atoms with Gasteiger partial charge in [-0.05, 0) is 47.0 Å². The number of benzene rings is 1. The Kier molecular flexibility index (Phi) is 3.31. The normalized spacial score (nSPS) is 12.7. The molecular weight excluding hydrogens is 228 g/mol. The number of halogens is 2. The lowest BCUT2D eigenvalue weighted by Crippen LogP contribution is -2.15. The van der Waals surface area contributed by atoms with Gasteiger partial charge in [0.05, 0.1) is 0 Å². The smallest absolute Gasteiger partial charge is 0.128 e. The van der Waals surface area contributed by atoms with E-state index in [0.717, 1.165) is 23.8 Å². The van der Waals surface area contributed by atoms with Gasteiger partial charge >= 0.3 is 0 Å². The van der Waals surface area contributed by atoms with Gasteiger partial charge in [-0.25, -0.2) is 8.78 Å². The van der Waals surface area contributed by atoms with Crippen LogP contribution in [0.25, 0.3) is 0 Å². The first-order chi connectivity index (χ1) is 7.66. The van der Waals surface area contributed by atoms with Crippen LogP contribution in [0.2, 0.25) is 0 Å². The highest BCUT2D eigenvalue weighted by Gasteiger charge is 2.13. The molecule has 16 heavy (non-hydrogen) atoms. The minimum Gasteiger partial charge on any atom is -0.324 e. The molecule has 1 atom stereocenters. The zero-order valence-electron chi connectivity index (χ0n) is 8.49. The third-order valence-electron chi connectivity index (χ3n) is 2.39. The largest absolute Gasteiger partial charge is 0.324 e. The van der Waals surface area contributed by atoms with Crippen molar-refractivity contribution in [3.63, 3.8) is 0 Å². The van der Waals surface area contributed by atoms with Gasteiger partial charge < -0.3 is 5.73 Å². The number of nitrogens with two attached hydrogens (primary N) is 1. The zero-order chi connectivity index (χ0) is 11.5. The molecular formula is C12H11F2NS. The fourth-order valence-electron chi connectivity index (χ4n) is 1.57. The van der Waals surface area contributed by atoms with Crippen LogP contribution >= 0.6 is 11.3 Å². The molecule has 0 aliphatic rings. The topological polar surface area (TPSA) is 26.0 Å². The first kappa shape index (κ1) is 11.2. The van der Waals surface area contributed by atoms with Crippen molar-refractivity contribution in [3.8, 4) is 0 Å². The molecule has 0 aliphatic carbocycles. The molecule has 1 nitrogen and oxygen atoms in total. The molecule has 2 aromatic rings.